The van der Waals surface area contributed by atoms with E-state index in [0.29, 0.717) is 38.4 Å². The van der Waals surface area contributed by atoms with Crippen LogP contribution in [0.25, 0.3) is 0 Å². The van der Waals surface area contributed by atoms with Gasteiger partial charge in [-0.2, -0.15) is 15.2 Å². The average molecular weight is 495 g/mol. The van der Waals surface area contributed by atoms with E-state index in [0.717, 1.165) is 12.8 Å². The molecule has 186 valence electrons. The van der Waals surface area contributed by atoms with Crippen LogP contribution in [0, 0.1) is 11.3 Å². The van der Waals surface area contributed by atoms with E-state index in [9.17, 15) is 14.4 Å². The highest BCUT2D eigenvalue weighted by Crippen LogP contribution is 2.46. The summed E-state index contributed by atoms with van der Waals surface area (Å²) >= 11 is 6.69. The van der Waals surface area contributed by atoms with Crippen molar-refractivity contribution < 1.29 is 18.7 Å². The molecule has 0 radical (unpaired) electrons. The fourth-order valence-electron chi connectivity index (χ4n) is 4.85. The third kappa shape index (κ3) is 5.01. The highest BCUT2D eigenvalue weighted by atomic mass is 35.5. The predicted molar refractivity (Wildman–Crippen MR) is 125 cm³/mol. The van der Waals surface area contributed by atoms with E-state index in [1.54, 1.807) is 4.90 Å². The second-order valence-corrected chi connectivity index (χ2v) is 10.9. The Bertz CT molecular complexity index is 992. The Balaban J connectivity index is 1.54. The summed E-state index contributed by atoms with van der Waals surface area (Å²) in [5, 5.41) is 9.73. The number of hydrogen-bond acceptors (Lipinski definition) is 8. The molecule has 1 amide bonds. The smallest absolute Gasteiger partial charge is 0.410 e. The maximum atomic E-state index is 13.9. The molecule has 9 nitrogen and oxygen atoms in total. The van der Waals surface area contributed by atoms with E-state index in [1.807, 2.05) is 50.6 Å². The van der Waals surface area contributed by atoms with Gasteiger partial charge < -0.3 is 14.4 Å². The molecule has 0 N–H and O–H groups in total. The third-order valence-electron chi connectivity index (χ3n) is 6.68. The molecule has 34 heavy (non-hydrogen) atoms. The van der Waals surface area contributed by atoms with Gasteiger partial charge in [0.1, 0.15) is 29.0 Å². The van der Waals surface area contributed by atoms with Gasteiger partial charge in [0.25, 0.3) is 0 Å². The highest BCUT2D eigenvalue weighted by Gasteiger charge is 2.54. The van der Waals surface area contributed by atoms with Crippen LogP contribution < -0.4 is 9.64 Å². The maximum Gasteiger partial charge on any atom is 0.410 e. The molecule has 2 saturated heterocycles. The molecule has 3 heterocycles. The summed E-state index contributed by atoms with van der Waals surface area (Å²) in [6.45, 7) is 9.22. The van der Waals surface area contributed by atoms with Crippen molar-refractivity contribution in [3.63, 3.8) is 0 Å². The van der Waals surface area contributed by atoms with Gasteiger partial charge in [0.05, 0.1) is 5.54 Å². The number of alkyl halides is 1. The number of likely N-dealkylation sites (tertiary alicyclic amines) is 1. The lowest BCUT2D eigenvalue weighted by Crippen LogP contribution is -2.58. The minimum absolute atomic E-state index is 0.0517. The number of carbonyl (C=O) groups excluding carboxylic acids is 1. The van der Waals surface area contributed by atoms with Gasteiger partial charge in [-0.05, 0) is 54.0 Å². The van der Waals surface area contributed by atoms with Gasteiger partial charge >= 0.3 is 6.09 Å². The fraction of sp³-hybridized carbons (Fsp3) is 0.739. The van der Waals surface area contributed by atoms with Crippen molar-refractivity contribution >= 4 is 23.5 Å². The number of ether oxygens (including phenoxy) is 2. The Labute approximate surface area is 204 Å². The Morgan fingerprint density at radius 3 is 2.59 bits per heavy atom. The largest absolute Gasteiger partial charge is 0.472 e. The molecule has 3 aliphatic rings. The molecule has 3 fully saturated rings. The summed E-state index contributed by atoms with van der Waals surface area (Å²) in [5.41, 5.74) is -0.904. The quantitative estimate of drug-likeness (QED) is 0.628. The number of aromatic nitrogens is 2. The van der Waals surface area contributed by atoms with Crippen molar-refractivity contribution in [2.24, 2.45) is 0 Å². The second-order valence-electron chi connectivity index (χ2n) is 10.5. The van der Waals surface area contributed by atoms with Crippen LogP contribution in [-0.4, -0.2) is 88.5 Å². The normalized spacial score (nSPS) is 25.2. The molecule has 1 aromatic heterocycles. The van der Waals surface area contributed by atoms with Gasteiger partial charge in [-0.1, -0.05) is 11.6 Å². The molecule has 2 aliphatic heterocycles. The Kier molecular flexibility index (Phi) is 6.55. The van der Waals surface area contributed by atoms with Gasteiger partial charge in [-0.15, -0.1) is 0 Å². The van der Waals surface area contributed by atoms with Gasteiger partial charge in [0.15, 0.2) is 5.82 Å². The van der Waals surface area contributed by atoms with E-state index >= 15 is 0 Å². The minimum atomic E-state index is -0.900. The lowest BCUT2D eigenvalue weighted by molar-refractivity contribution is 0.0106. The number of anilines is 1. The van der Waals surface area contributed by atoms with Gasteiger partial charge in [0, 0.05) is 32.2 Å². The van der Waals surface area contributed by atoms with Crippen LogP contribution in [0.15, 0.2) is 0 Å². The summed E-state index contributed by atoms with van der Waals surface area (Å²) in [6.07, 6.45) is 0.485. The molecule has 1 aliphatic carbocycles. The molecular weight excluding hydrogens is 463 g/mol. The molecule has 1 saturated carbocycles. The van der Waals surface area contributed by atoms with Crippen LogP contribution in [-0.2, 0) is 4.74 Å². The van der Waals surface area contributed by atoms with E-state index in [2.05, 4.69) is 9.97 Å². The van der Waals surface area contributed by atoms with Crippen LogP contribution in [0.5, 0.6) is 5.88 Å². The number of nitriles is 1. The number of carbonyl (C=O) groups is 1. The van der Waals surface area contributed by atoms with Gasteiger partial charge in [0.2, 0.25) is 11.7 Å². The number of likely N-dealkylation sites (N-methyl/N-ethyl adjacent to an activating group) is 1. The topological polar surface area (TPSA) is 94.8 Å². The van der Waals surface area contributed by atoms with Crippen LogP contribution in [0.1, 0.15) is 52.8 Å². The minimum Gasteiger partial charge on any atom is -0.472 e. The van der Waals surface area contributed by atoms with Crippen LogP contribution in [0.3, 0.4) is 0 Å². The van der Waals surface area contributed by atoms with E-state index in [4.69, 9.17) is 21.1 Å². The van der Waals surface area contributed by atoms with E-state index < -0.39 is 11.8 Å². The lowest BCUT2D eigenvalue weighted by Gasteiger charge is -2.43. The Morgan fingerprint density at radius 1 is 1.32 bits per heavy atom. The zero-order chi connectivity index (χ0) is 24.8. The molecule has 1 aromatic rings. The first-order valence-electron chi connectivity index (χ1n) is 11.7. The SMILES string of the molecule is C[C@H](Oc1nc(C#N)nc(N2CCN(C(=O)OC(C)(C)C)C3(CC3)C2)c1Cl)[C@@H]1C[C@@H](F)CN1C. The maximum absolute atomic E-state index is 13.9. The molecule has 1 spiro atoms. The molecule has 11 heteroatoms. The van der Waals surface area contributed by atoms with Crippen LogP contribution in [0.2, 0.25) is 5.02 Å². The summed E-state index contributed by atoms with van der Waals surface area (Å²) < 4.78 is 25.5. The monoisotopic (exact) mass is 494 g/mol. The summed E-state index contributed by atoms with van der Waals surface area (Å²) in [7, 11) is 1.86. The third-order valence-corrected chi connectivity index (χ3v) is 7.01. The number of rotatable bonds is 4. The first kappa shape index (κ1) is 24.7. The second kappa shape index (κ2) is 9.00. The Hall–Kier alpha value is -2.38. The summed E-state index contributed by atoms with van der Waals surface area (Å²) in [5.74, 6) is 0.476. The zero-order valence-electron chi connectivity index (χ0n) is 20.3. The molecule has 3 atom stereocenters. The molecule has 0 unspecified atom stereocenters. The van der Waals surface area contributed by atoms with Crippen LogP contribution >= 0.6 is 11.6 Å². The molecule has 4 rings (SSSR count). The predicted octanol–water partition coefficient (Wildman–Crippen LogP) is 3.40. The number of piperazine rings is 1. The molecule has 0 bridgehead atoms. The van der Waals surface area contributed by atoms with E-state index in [-0.39, 0.29) is 40.5 Å². The standard InChI is InChI=1S/C23H32ClFN6O3/c1-14(16-10-15(25)12-29(16)5)33-20-18(24)19(27-17(11-26)28-20)30-8-9-31(23(13-30)6-7-23)21(32)34-22(2,3)4/h14-16H,6-10,12-13H2,1-5H3/t14-,15+,16-/m0/s1. The highest BCUT2D eigenvalue weighted by molar-refractivity contribution is 6.34. The van der Waals surface area contributed by atoms with Crippen molar-refractivity contribution in [2.45, 2.75) is 76.4 Å². The summed E-state index contributed by atoms with van der Waals surface area (Å²) in [6, 6.07) is 1.86. The average Bonchev–Trinajstić information content (AvgIpc) is 3.41. The first-order chi connectivity index (χ1) is 15.9. The van der Waals surface area contributed by atoms with Crippen molar-refractivity contribution in [1.82, 2.24) is 19.8 Å². The van der Waals surface area contributed by atoms with Crippen molar-refractivity contribution in [1.29, 1.82) is 5.26 Å². The van der Waals surface area contributed by atoms with Crippen molar-refractivity contribution in [3.05, 3.63) is 10.8 Å². The first-order valence-corrected chi connectivity index (χ1v) is 12.0. The van der Waals surface area contributed by atoms with Gasteiger partial charge in [-0.3, -0.25) is 9.80 Å². The van der Waals surface area contributed by atoms with E-state index in [1.165, 1.54) is 0 Å². The van der Waals surface area contributed by atoms with Crippen LogP contribution in [0.4, 0.5) is 15.0 Å². The number of amides is 1. The zero-order valence-corrected chi connectivity index (χ0v) is 21.1. The lowest BCUT2D eigenvalue weighted by atomic mass is 10.1. The number of hydrogen-bond donors (Lipinski definition) is 0. The number of halogens is 2. The summed E-state index contributed by atoms with van der Waals surface area (Å²) in [4.78, 5) is 27.0. The molecule has 0 aromatic carbocycles. The van der Waals surface area contributed by atoms with Gasteiger partial charge in [-0.25, -0.2) is 9.18 Å². The Morgan fingerprint density at radius 2 is 2.03 bits per heavy atom. The molecular formula is C23H32ClFN6O3. The number of nitrogens with zero attached hydrogens (tertiary/aromatic N) is 6. The van der Waals surface area contributed by atoms with Crippen molar-refractivity contribution in [2.75, 3.05) is 38.1 Å². The fourth-order valence-corrected chi connectivity index (χ4v) is 5.10. The van der Waals surface area contributed by atoms with Crippen molar-refractivity contribution in [3.8, 4) is 11.9 Å².